The second-order valence-electron chi connectivity index (χ2n) is 1.77. The molecule has 12 heavy (non-hydrogen) atoms. The summed E-state index contributed by atoms with van der Waals surface area (Å²) in [6, 6.07) is 6.07. The largest absolute Gasteiger partial charge is 0.411 e. The molecule has 0 bridgehead atoms. The Labute approximate surface area is 71.3 Å². The molecule has 2 nitrogen and oxygen atoms in total. The maximum atomic E-state index is 12.6. The van der Waals surface area contributed by atoms with Gasteiger partial charge in [0.1, 0.15) is 5.82 Å². The van der Waals surface area contributed by atoms with Crippen LogP contribution in [0.1, 0.15) is 19.4 Å². The van der Waals surface area contributed by atoms with Crippen molar-refractivity contribution in [2.75, 3.05) is 0 Å². The zero-order valence-corrected chi connectivity index (χ0v) is 7.16. The van der Waals surface area contributed by atoms with E-state index in [4.69, 9.17) is 5.21 Å². The molecule has 3 heteroatoms. The molecule has 0 aliphatic carbocycles. The maximum absolute atomic E-state index is 12.6. The van der Waals surface area contributed by atoms with Crippen molar-refractivity contribution in [3.05, 3.63) is 35.6 Å². The molecule has 0 heterocycles. The molecule has 1 N–H and O–H groups in total. The lowest BCUT2D eigenvalue weighted by Crippen LogP contribution is -1.85. The van der Waals surface area contributed by atoms with Crippen molar-refractivity contribution < 1.29 is 9.60 Å². The van der Waals surface area contributed by atoms with Gasteiger partial charge in [-0.25, -0.2) is 4.39 Å². The Morgan fingerprint density at radius 3 is 2.42 bits per heavy atom. The first-order valence-corrected chi connectivity index (χ1v) is 3.76. The molecular weight excluding hydrogens is 157 g/mol. The summed E-state index contributed by atoms with van der Waals surface area (Å²) in [4.78, 5) is 0. The number of benzene rings is 1. The summed E-state index contributed by atoms with van der Waals surface area (Å²) >= 11 is 0. The van der Waals surface area contributed by atoms with Gasteiger partial charge in [-0.05, 0) is 6.07 Å². The molecule has 0 atom stereocenters. The van der Waals surface area contributed by atoms with E-state index in [0.717, 1.165) is 6.21 Å². The van der Waals surface area contributed by atoms with Crippen molar-refractivity contribution in [1.29, 1.82) is 0 Å². The van der Waals surface area contributed by atoms with Crippen molar-refractivity contribution >= 4 is 6.21 Å². The van der Waals surface area contributed by atoms with Crippen molar-refractivity contribution in [3.63, 3.8) is 0 Å². The molecule has 1 aromatic rings. The van der Waals surface area contributed by atoms with Gasteiger partial charge in [-0.2, -0.15) is 0 Å². The molecule has 0 aliphatic heterocycles. The molecule has 0 unspecified atom stereocenters. The van der Waals surface area contributed by atoms with Crippen molar-refractivity contribution in [1.82, 2.24) is 0 Å². The number of rotatable bonds is 1. The fourth-order valence-electron chi connectivity index (χ4n) is 0.642. The third-order valence-electron chi connectivity index (χ3n) is 1.10. The third-order valence-corrected chi connectivity index (χ3v) is 1.10. The molecule has 66 valence electrons. The predicted molar refractivity (Wildman–Crippen MR) is 47.1 cm³/mol. The minimum atomic E-state index is -0.389. The highest BCUT2D eigenvalue weighted by molar-refractivity contribution is 5.79. The average molecular weight is 169 g/mol. The number of hydrogen-bond acceptors (Lipinski definition) is 2. The van der Waals surface area contributed by atoms with Gasteiger partial charge < -0.3 is 5.21 Å². The van der Waals surface area contributed by atoms with Gasteiger partial charge in [0.05, 0.1) is 6.21 Å². The van der Waals surface area contributed by atoms with E-state index in [0.29, 0.717) is 0 Å². The monoisotopic (exact) mass is 169 g/mol. The van der Waals surface area contributed by atoms with Crippen LogP contribution in [0.3, 0.4) is 0 Å². The second kappa shape index (κ2) is 6.34. The van der Waals surface area contributed by atoms with E-state index < -0.39 is 0 Å². The van der Waals surface area contributed by atoms with Crippen molar-refractivity contribution in [3.8, 4) is 0 Å². The molecule has 0 fully saturated rings. The molecule has 0 radical (unpaired) electrons. The highest BCUT2D eigenvalue weighted by atomic mass is 19.1. The normalized spacial score (nSPS) is 9.25. The van der Waals surface area contributed by atoms with Crippen LogP contribution >= 0.6 is 0 Å². The van der Waals surface area contributed by atoms with Gasteiger partial charge in [0.25, 0.3) is 0 Å². The van der Waals surface area contributed by atoms with Gasteiger partial charge in [0, 0.05) is 5.56 Å². The van der Waals surface area contributed by atoms with Gasteiger partial charge in [0.15, 0.2) is 0 Å². The molecule has 1 aromatic carbocycles. The van der Waals surface area contributed by atoms with E-state index in [1.165, 1.54) is 12.1 Å². The lowest BCUT2D eigenvalue weighted by molar-refractivity contribution is 0.321. The minimum absolute atomic E-state index is 0.282. The van der Waals surface area contributed by atoms with E-state index in [1.54, 1.807) is 12.1 Å². The summed E-state index contributed by atoms with van der Waals surface area (Å²) in [6.45, 7) is 4.00. The molecule has 0 aromatic heterocycles. The fourth-order valence-corrected chi connectivity index (χ4v) is 0.642. The summed E-state index contributed by atoms with van der Waals surface area (Å²) < 4.78 is 12.6. The van der Waals surface area contributed by atoms with Crippen molar-refractivity contribution in [2.24, 2.45) is 5.16 Å². The quantitative estimate of drug-likeness (QED) is 0.391. The summed E-state index contributed by atoms with van der Waals surface area (Å²) in [7, 11) is 0. The lowest BCUT2D eigenvalue weighted by Gasteiger charge is -1.90. The Kier molecular flexibility index (Phi) is 5.61. The van der Waals surface area contributed by atoms with Crippen LogP contribution in [0.2, 0.25) is 0 Å². The van der Waals surface area contributed by atoms with E-state index in [-0.39, 0.29) is 11.4 Å². The van der Waals surface area contributed by atoms with E-state index in [2.05, 4.69) is 5.16 Å². The van der Waals surface area contributed by atoms with E-state index >= 15 is 0 Å². The van der Waals surface area contributed by atoms with E-state index in [9.17, 15) is 4.39 Å². The summed E-state index contributed by atoms with van der Waals surface area (Å²) in [5.41, 5.74) is 0.282. The Morgan fingerprint density at radius 1 is 1.33 bits per heavy atom. The summed E-state index contributed by atoms with van der Waals surface area (Å²) in [5.74, 6) is -0.389. The fraction of sp³-hybridized carbons (Fsp3) is 0.222. The Balaban J connectivity index is 0.000000561. The summed E-state index contributed by atoms with van der Waals surface area (Å²) in [6.07, 6.45) is 1.05. The van der Waals surface area contributed by atoms with Gasteiger partial charge in [0.2, 0.25) is 0 Å². The smallest absolute Gasteiger partial charge is 0.132 e. The highest BCUT2D eigenvalue weighted by Gasteiger charge is 1.94. The first kappa shape index (κ1) is 10.6. The standard InChI is InChI=1S/C7H6FNO.C2H6/c8-7-4-2-1-3-6(7)5-9-10;1-2/h1-5,10H;1-2H3/b9-5+;. The van der Waals surface area contributed by atoms with Crippen LogP contribution in [-0.4, -0.2) is 11.4 Å². The van der Waals surface area contributed by atoms with E-state index in [1.807, 2.05) is 13.8 Å². The first-order valence-electron chi connectivity index (χ1n) is 3.76. The van der Waals surface area contributed by atoms with Crippen LogP contribution < -0.4 is 0 Å². The molecular formula is C9H12FNO. The van der Waals surface area contributed by atoms with Gasteiger partial charge >= 0.3 is 0 Å². The van der Waals surface area contributed by atoms with Crippen LogP contribution in [0.25, 0.3) is 0 Å². The predicted octanol–water partition coefficient (Wildman–Crippen LogP) is 2.66. The average Bonchev–Trinajstić information content (AvgIpc) is 2.13. The van der Waals surface area contributed by atoms with Crippen LogP contribution in [0.4, 0.5) is 4.39 Å². The third kappa shape index (κ3) is 3.14. The Morgan fingerprint density at radius 2 is 1.92 bits per heavy atom. The zero-order chi connectivity index (χ0) is 9.40. The van der Waals surface area contributed by atoms with Crippen LogP contribution in [0, 0.1) is 5.82 Å². The second-order valence-corrected chi connectivity index (χ2v) is 1.77. The number of halogens is 1. The maximum Gasteiger partial charge on any atom is 0.132 e. The molecule has 0 aliphatic rings. The van der Waals surface area contributed by atoms with Gasteiger partial charge in [-0.15, -0.1) is 0 Å². The molecule has 0 saturated carbocycles. The van der Waals surface area contributed by atoms with Gasteiger partial charge in [-0.3, -0.25) is 0 Å². The Bertz CT molecular complexity index is 248. The zero-order valence-electron chi connectivity index (χ0n) is 7.16. The minimum Gasteiger partial charge on any atom is -0.411 e. The number of oxime groups is 1. The van der Waals surface area contributed by atoms with Gasteiger partial charge in [-0.1, -0.05) is 37.2 Å². The van der Waals surface area contributed by atoms with Crippen LogP contribution in [0.15, 0.2) is 29.4 Å². The number of nitrogens with zero attached hydrogens (tertiary/aromatic N) is 1. The highest BCUT2D eigenvalue weighted by Crippen LogP contribution is 2.02. The molecule has 0 saturated heterocycles. The molecule has 1 rings (SSSR count). The number of hydrogen-bond donors (Lipinski definition) is 1. The molecule has 0 spiro atoms. The first-order chi connectivity index (χ1) is 5.84. The SMILES string of the molecule is CC.O/N=C/c1ccccc1F. The summed E-state index contributed by atoms with van der Waals surface area (Å²) in [5, 5.41) is 10.7. The van der Waals surface area contributed by atoms with Crippen molar-refractivity contribution in [2.45, 2.75) is 13.8 Å². The van der Waals surface area contributed by atoms with Crippen LogP contribution in [0.5, 0.6) is 0 Å². The topological polar surface area (TPSA) is 32.6 Å². The lowest BCUT2D eigenvalue weighted by atomic mass is 10.2. The Hall–Kier alpha value is -1.38. The van der Waals surface area contributed by atoms with Crippen LogP contribution in [-0.2, 0) is 0 Å². The molecule has 0 amide bonds.